The second-order valence-electron chi connectivity index (χ2n) is 3.92. The van der Waals surface area contributed by atoms with Crippen molar-refractivity contribution in [2.75, 3.05) is 24.6 Å². The molecule has 0 aromatic carbocycles. The smallest absolute Gasteiger partial charge is 0.323 e. The Balaban J connectivity index is 2.35. The maximum absolute atomic E-state index is 11.7. The molecule has 0 radical (unpaired) electrons. The third-order valence-electron chi connectivity index (χ3n) is 2.32. The van der Waals surface area contributed by atoms with Crippen LogP contribution in [-0.2, 0) is 9.59 Å². The lowest BCUT2D eigenvalue weighted by molar-refractivity contribution is -0.143. The molecule has 1 N–H and O–H groups in total. The predicted molar refractivity (Wildman–Crippen MR) is 64.5 cm³/mol. The summed E-state index contributed by atoms with van der Waals surface area (Å²) in [6.45, 7) is 3.99. The molecule has 0 heterocycles. The van der Waals surface area contributed by atoms with Crippen LogP contribution in [0.3, 0.4) is 0 Å². The summed E-state index contributed by atoms with van der Waals surface area (Å²) in [6.07, 6.45) is 3.97. The van der Waals surface area contributed by atoms with Gasteiger partial charge >= 0.3 is 5.97 Å². The van der Waals surface area contributed by atoms with Crippen LogP contribution in [0.2, 0.25) is 0 Å². The number of carbonyl (C=O) groups excluding carboxylic acids is 1. The van der Waals surface area contributed by atoms with Gasteiger partial charge < -0.3 is 10.0 Å². The van der Waals surface area contributed by atoms with Crippen LogP contribution in [0, 0.1) is 5.92 Å². The van der Waals surface area contributed by atoms with E-state index in [9.17, 15) is 9.59 Å². The highest BCUT2D eigenvalue weighted by atomic mass is 32.2. The van der Waals surface area contributed by atoms with E-state index < -0.39 is 5.97 Å². The van der Waals surface area contributed by atoms with Gasteiger partial charge in [-0.05, 0) is 18.8 Å². The highest BCUT2D eigenvalue weighted by Gasteiger charge is 2.27. The Morgan fingerprint density at radius 2 is 2.19 bits per heavy atom. The van der Waals surface area contributed by atoms with Gasteiger partial charge in [-0.2, -0.15) is 0 Å². The summed E-state index contributed by atoms with van der Waals surface area (Å²) in [6, 6.07) is 0. The fourth-order valence-electron chi connectivity index (χ4n) is 1.35. The third kappa shape index (κ3) is 5.21. The Bertz CT molecular complexity index is 276. The van der Waals surface area contributed by atoms with E-state index in [-0.39, 0.29) is 12.5 Å². The van der Waals surface area contributed by atoms with Crippen LogP contribution in [0.1, 0.15) is 12.8 Å². The van der Waals surface area contributed by atoms with E-state index in [4.69, 9.17) is 5.11 Å². The molecule has 4 nitrogen and oxygen atoms in total. The van der Waals surface area contributed by atoms with E-state index in [1.165, 1.54) is 16.7 Å². The van der Waals surface area contributed by atoms with E-state index in [2.05, 4.69) is 6.58 Å². The number of thioether (sulfide) groups is 1. The molecule has 0 bridgehead atoms. The molecule has 0 aromatic heterocycles. The lowest BCUT2D eigenvalue weighted by Gasteiger charge is -2.20. The number of nitrogens with zero attached hydrogens (tertiary/aromatic N) is 1. The summed E-state index contributed by atoms with van der Waals surface area (Å²) in [5, 5.41) is 8.72. The molecule has 0 spiro atoms. The molecule has 0 saturated heterocycles. The fraction of sp³-hybridized carbons (Fsp3) is 0.636. The van der Waals surface area contributed by atoms with Crippen molar-refractivity contribution >= 4 is 23.6 Å². The predicted octanol–water partition coefficient (Wildman–Crippen LogP) is 1.23. The van der Waals surface area contributed by atoms with E-state index >= 15 is 0 Å². The van der Waals surface area contributed by atoms with Gasteiger partial charge in [0.05, 0.1) is 5.75 Å². The lowest BCUT2D eigenvalue weighted by atomic mass is 10.3. The zero-order valence-corrected chi connectivity index (χ0v) is 10.0. The second-order valence-corrected chi connectivity index (χ2v) is 4.95. The molecule has 0 aromatic rings. The van der Waals surface area contributed by atoms with Crippen LogP contribution >= 0.6 is 11.8 Å². The van der Waals surface area contributed by atoms with Gasteiger partial charge in [-0.25, -0.2) is 0 Å². The van der Waals surface area contributed by atoms with Crippen LogP contribution in [-0.4, -0.2) is 46.5 Å². The number of carboxylic acid groups (broad SMARTS) is 1. The number of carboxylic acids is 1. The minimum absolute atomic E-state index is 0.0823. The number of aliphatic carboxylic acids is 1. The van der Waals surface area contributed by atoms with Crippen molar-refractivity contribution < 1.29 is 14.7 Å². The Hall–Kier alpha value is -0.970. The fourth-order valence-corrected chi connectivity index (χ4v) is 1.99. The van der Waals surface area contributed by atoms with Gasteiger partial charge in [-0.1, -0.05) is 6.08 Å². The molecule has 1 rings (SSSR count). The van der Waals surface area contributed by atoms with Crippen LogP contribution in [0.15, 0.2) is 12.7 Å². The normalized spacial score (nSPS) is 14.5. The largest absolute Gasteiger partial charge is 0.480 e. The molecule has 1 fully saturated rings. The van der Waals surface area contributed by atoms with Crippen LogP contribution in [0.4, 0.5) is 0 Å². The van der Waals surface area contributed by atoms with Crippen molar-refractivity contribution in [3.05, 3.63) is 12.7 Å². The van der Waals surface area contributed by atoms with E-state index in [1.54, 1.807) is 6.08 Å². The first-order valence-electron chi connectivity index (χ1n) is 5.31. The van der Waals surface area contributed by atoms with Gasteiger partial charge in [-0.15, -0.1) is 18.3 Å². The molecule has 0 unspecified atom stereocenters. The molecular formula is C11H17NO3S. The van der Waals surface area contributed by atoms with Gasteiger partial charge in [0.25, 0.3) is 0 Å². The van der Waals surface area contributed by atoms with Crippen molar-refractivity contribution in [1.29, 1.82) is 0 Å². The molecule has 5 heteroatoms. The van der Waals surface area contributed by atoms with Gasteiger partial charge in [0.15, 0.2) is 0 Å². The first-order chi connectivity index (χ1) is 7.63. The van der Waals surface area contributed by atoms with Gasteiger partial charge in [0, 0.05) is 12.3 Å². The topological polar surface area (TPSA) is 57.6 Å². The lowest BCUT2D eigenvalue weighted by Crippen LogP contribution is -2.38. The quantitative estimate of drug-likeness (QED) is 0.514. The van der Waals surface area contributed by atoms with Crippen molar-refractivity contribution in [2.45, 2.75) is 12.8 Å². The SMILES string of the molecule is C=CCSCC(=O)N(CC(=O)O)CC1CC1. The zero-order valence-electron chi connectivity index (χ0n) is 9.22. The summed E-state index contributed by atoms with van der Waals surface area (Å²) in [7, 11) is 0. The second kappa shape index (κ2) is 6.58. The molecule has 90 valence electrons. The molecular weight excluding hydrogens is 226 g/mol. The standard InChI is InChI=1S/C11H17NO3S/c1-2-5-16-8-10(13)12(7-11(14)15)6-9-3-4-9/h2,9H,1,3-8H2,(H,14,15). The number of hydrogen-bond donors (Lipinski definition) is 1. The van der Waals surface area contributed by atoms with Crippen LogP contribution < -0.4 is 0 Å². The number of carbonyl (C=O) groups is 2. The minimum Gasteiger partial charge on any atom is -0.480 e. The van der Waals surface area contributed by atoms with Crippen LogP contribution in [0.25, 0.3) is 0 Å². The van der Waals surface area contributed by atoms with Crippen molar-refractivity contribution in [3.63, 3.8) is 0 Å². The molecule has 1 aliphatic carbocycles. The average molecular weight is 243 g/mol. The molecule has 1 aliphatic rings. The Kier molecular flexibility index (Phi) is 5.38. The van der Waals surface area contributed by atoms with E-state index in [1.807, 2.05) is 0 Å². The Labute approximate surface area is 99.7 Å². The summed E-state index contributed by atoms with van der Waals surface area (Å²) in [5.41, 5.74) is 0. The number of hydrogen-bond acceptors (Lipinski definition) is 3. The van der Waals surface area contributed by atoms with E-state index in [0.29, 0.717) is 18.2 Å². The van der Waals surface area contributed by atoms with Gasteiger partial charge in [-0.3, -0.25) is 9.59 Å². The summed E-state index contributed by atoms with van der Waals surface area (Å²) < 4.78 is 0. The summed E-state index contributed by atoms with van der Waals surface area (Å²) in [5.74, 6) is 0.554. The first kappa shape index (κ1) is 13.1. The molecule has 1 amide bonds. The van der Waals surface area contributed by atoms with Crippen molar-refractivity contribution in [2.24, 2.45) is 5.92 Å². The molecule has 0 aliphatic heterocycles. The highest BCUT2D eigenvalue weighted by molar-refractivity contribution is 8.00. The minimum atomic E-state index is -0.942. The van der Waals surface area contributed by atoms with Gasteiger partial charge in [0.2, 0.25) is 5.91 Å². The highest BCUT2D eigenvalue weighted by Crippen LogP contribution is 2.29. The maximum atomic E-state index is 11.7. The van der Waals surface area contributed by atoms with Crippen molar-refractivity contribution in [3.8, 4) is 0 Å². The Morgan fingerprint density at radius 1 is 1.50 bits per heavy atom. The number of amides is 1. The monoisotopic (exact) mass is 243 g/mol. The van der Waals surface area contributed by atoms with Gasteiger partial charge in [0.1, 0.15) is 6.54 Å². The van der Waals surface area contributed by atoms with E-state index in [0.717, 1.165) is 18.6 Å². The molecule has 1 saturated carbocycles. The Morgan fingerprint density at radius 3 is 2.69 bits per heavy atom. The molecule has 16 heavy (non-hydrogen) atoms. The average Bonchev–Trinajstić information content (AvgIpc) is 3.00. The first-order valence-corrected chi connectivity index (χ1v) is 6.47. The summed E-state index contributed by atoms with van der Waals surface area (Å²) >= 11 is 1.46. The third-order valence-corrected chi connectivity index (χ3v) is 3.24. The maximum Gasteiger partial charge on any atom is 0.323 e. The molecule has 0 atom stereocenters. The number of rotatable bonds is 8. The van der Waals surface area contributed by atoms with Crippen LogP contribution in [0.5, 0.6) is 0 Å². The summed E-state index contributed by atoms with van der Waals surface area (Å²) in [4.78, 5) is 23.8. The van der Waals surface area contributed by atoms with Crippen molar-refractivity contribution in [1.82, 2.24) is 4.90 Å². The zero-order chi connectivity index (χ0) is 12.0.